The van der Waals surface area contributed by atoms with Gasteiger partial charge in [0, 0.05) is 17.5 Å². The zero-order valence-corrected chi connectivity index (χ0v) is 50.4. The SMILES string of the molecule is CC.CC.CC.CC.CC.CC.CC.CC[S+]1CCC1.Cc1ccccc1[S+](C)c1ccccc1C.c1ccc([I+]c2ccccc2)cc1.c1ccc2ccccc2c1.c1ccc2ccccc2c1. The standard InChI is InChI=1S/C15H17S.C12H10I.2C10H8.C5H11S.7C2H6/c1-12-8-4-6-10-14(12)16(3)15-11-7-5-9-13(15)2;1-3-7-11(8-4-1)13-12-9-5-2-6-10-12;2*1-2-6-10-8-4-3-7-9(10)5-1;1-2-6-4-3-5-6;7*1-2/h4-11H,1-3H3;1-10H;2*1-8H;2-5H2,1H3;7*1-2H3/q2*+1;;;+1;;;;;;;. The average Bonchev–Trinajstić information content (AvgIpc) is 3.44. The van der Waals surface area contributed by atoms with Gasteiger partial charge < -0.3 is 0 Å². The van der Waals surface area contributed by atoms with Crippen LogP contribution in [0.25, 0.3) is 21.5 Å². The first-order valence-corrected chi connectivity index (χ1v) is 31.6. The minimum Gasteiger partial charge on any atom is -0.0683 e. The number of hydrogen-bond donors (Lipinski definition) is 0. The molecule has 69 heavy (non-hydrogen) atoms. The second-order valence-corrected chi connectivity index (χ2v) is 20.6. The topological polar surface area (TPSA) is 0 Å². The van der Waals surface area contributed by atoms with E-state index in [1.54, 1.807) is 0 Å². The highest BCUT2D eigenvalue weighted by molar-refractivity contribution is 7.98. The largest absolute Gasteiger partial charge is 0.357 e. The third kappa shape index (κ3) is 30.1. The Bertz CT molecular complexity index is 1980. The molecule has 0 radical (unpaired) electrons. The molecule has 0 aromatic heterocycles. The molecule has 1 saturated heterocycles. The summed E-state index contributed by atoms with van der Waals surface area (Å²) in [5.74, 6) is 4.52. The van der Waals surface area contributed by atoms with Crippen LogP contribution in [0, 0.1) is 21.0 Å². The fourth-order valence-electron chi connectivity index (χ4n) is 5.90. The minimum atomic E-state index is 0.0287. The van der Waals surface area contributed by atoms with Crippen LogP contribution in [0.3, 0.4) is 0 Å². The molecule has 8 aromatic carbocycles. The summed E-state index contributed by atoms with van der Waals surface area (Å²) in [7, 11) is 1.08. The molecule has 0 nitrogen and oxygen atoms in total. The normalized spacial score (nSPS) is 9.90. The second-order valence-electron chi connectivity index (χ2n) is 13.1. The quantitative estimate of drug-likeness (QED) is 0.119. The van der Waals surface area contributed by atoms with Crippen molar-refractivity contribution in [1.29, 1.82) is 0 Å². The summed E-state index contributed by atoms with van der Waals surface area (Å²) < 4.78 is 2.96. The van der Waals surface area contributed by atoms with Gasteiger partial charge in [0.25, 0.3) is 0 Å². The summed E-state index contributed by atoms with van der Waals surface area (Å²) >= 11 is 0.0287. The van der Waals surface area contributed by atoms with E-state index in [1.807, 2.05) is 96.9 Å². The van der Waals surface area contributed by atoms with Crippen molar-refractivity contribution in [3.05, 3.63) is 225 Å². The zero-order valence-electron chi connectivity index (χ0n) is 46.7. The lowest BCUT2D eigenvalue weighted by Gasteiger charge is -2.12. The smallest absolute Gasteiger partial charge is 0.0683 e. The molecule has 0 N–H and O–H groups in total. The van der Waals surface area contributed by atoms with E-state index in [4.69, 9.17) is 0 Å². The van der Waals surface area contributed by atoms with Gasteiger partial charge >= 0.3 is 21.2 Å². The molecule has 0 aliphatic carbocycles. The summed E-state index contributed by atoms with van der Waals surface area (Å²) in [5, 5.41) is 5.24. The highest BCUT2D eigenvalue weighted by Crippen LogP contribution is 2.26. The molecule has 8 aromatic rings. The van der Waals surface area contributed by atoms with Gasteiger partial charge in [-0.3, -0.25) is 0 Å². The van der Waals surface area contributed by atoms with E-state index in [1.165, 1.54) is 73.3 Å². The summed E-state index contributed by atoms with van der Waals surface area (Å²) in [6.07, 6.45) is 3.82. The highest BCUT2D eigenvalue weighted by Gasteiger charge is 2.24. The van der Waals surface area contributed by atoms with Crippen LogP contribution < -0.4 is 21.2 Å². The van der Waals surface area contributed by atoms with Crippen LogP contribution in [0.4, 0.5) is 0 Å². The molecule has 0 saturated carbocycles. The molecule has 0 atom stereocenters. The van der Waals surface area contributed by atoms with Crippen LogP contribution in [0.5, 0.6) is 0 Å². The molecule has 1 aliphatic heterocycles. The van der Waals surface area contributed by atoms with Crippen molar-refractivity contribution in [2.75, 3.05) is 23.5 Å². The molecule has 3 heteroatoms. The second kappa shape index (κ2) is 50.1. The van der Waals surface area contributed by atoms with E-state index in [2.05, 4.69) is 233 Å². The van der Waals surface area contributed by atoms with Crippen LogP contribution in [-0.2, 0) is 21.8 Å². The number of halogens is 1. The molecule has 1 aliphatic rings. The maximum Gasteiger partial charge on any atom is 0.357 e. The van der Waals surface area contributed by atoms with Crippen molar-refractivity contribution in [2.45, 2.75) is 134 Å². The van der Waals surface area contributed by atoms with Gasteiger partial charge in [-0.05, 0) is 89.6 Å². The van der Waals surface area contributed by atoms with E-state index in [0.29, 0.717) is 0 Å². The molecule has 0 unspecified atom stereocenters. The Labute approximate surface area is 443 Å². The Morgan fingerprint density at radius 2 is 0.580 bits per heavy atom. The molecular formula is C66H96IS2+3. The number of aryl methyl sites for hydroxylation is 2. The first-order valence-electron chi connectivity index (χ1n) is 26.1. The predicted octanol–water partition coefficient (Wildman–Crippen LogP) is 17.7. The molecule has 1 fully saturated rings. The van der Waals surface area contributed by atoms with Crippen molar-refractivity contribution < 1.29 is 21.2 Å². The fourth-order valence-corrected chi connectivity index (χ4v) is 11.3. The van der Waals surface area contributed by atoms with Crippen LogP contribution >= 0.6 is 0 Å². The predicted molar refractivity (Wildman–Crippen MR) is 322 cm³/mol. The number of rotatable bonds is 5. The van der Waals surface area contributed by atoms with E-state index in [9.17, 15) is 0 Å². The van der Waals surface area contributed by atoms with Crippen molar-refractivity contribution in [3.8, 4) is 0 Å². The van der Waals surface area contributed by atoms with E-state index in [-0.39, 0.29) is 32.1 Å². The molecule has 0 amide bonds. The van der Waals surface area contributed by atoms with Crippen LogP contribution in [0.1, 0.15) is 121 Å². The van der Waals surface area contributed by atoms with E-state index < -0.39 is 0 Å². The number of fused-ring (bicyclic) bond motifs is 2. The Kier molecular flexibility index (Phi) is 50.1. The third-order valence-electron chi connectivity index (χ3n) is 9.12. The molecule has 0 spiro atoms. The number of benzene rings is 8. The van der Waals surface area contributed by atoms with Crippen molar-refractivity contribution >= 4 is 43.3 Å². The monoisotopic (exact) mass is 1080 g/mol. The molecule has 1 heterocycles. The molecule has 0 bridgehead atoms. The first-order chi connectivity index (χ1) is 34.0. The molecule has 9 rings (SSSR count). The van der Waals surface area contributed by atoms with Gasteiger partial charge in [-0.2, -0.15) is 0 Å². The van der Waals surface area contributed by atoms with Gasteiger partial charge in [-0.25, -0.2) is 0 Å². The van der Waals surface area contributed by atoms with Gasteiger partial charge in [0.1, 0.15) is 23.5 Å². The lowest BCUT2D eigenvalue weighted by Crippen LogP contribution is -3.61. The summed E-state index contributed by atoms with van der Waals surface area (Å²) in [5.41, 5.74) is 2.77. The van der Waals surface area contributed by atoms with E-state index in [0.717, 1.165) is 10.9 Å². The van der Waals surface area contributed by atoms with Gasteiger partial charge in [0.2, 0.25) is 0 Å². The molecular weight excluding hydrogens is 984 g/mol. The lowest BCUT2D eigenvalue weighted by atomic mass is 10.1. The first kappa shape index (κ1) is 69.0. The molecule has 376 valence electrons. The Balaban J connectivity index is -0.000000755. The Morgan fingerprint density at radius 1 is 0.348 bits per heavy atom. The maximum absolute atomic E-state index is 2.31. The van der Waals surface area contributed by atoms with Gasteiger partial charge in [0.05, 0.1) is 10.9 Å². The van der Waals surface area contributed by atoms with Crippen molar-refractivity contribution in [1.82, 2.24) is 0 Å². The zero-order chi connectivity index (χ0) is 52.5. The van der Waals surface area contributed by atoms with Gasteiger partial charge in [0.15, 0.2) is 16.9 Å². The van der Waals surface area contributed by atoms with Crippen molar-refractivity contribution in [2.24, 2.45) is 0 Å². The van der Waals surface area contributed by atoms with Crippen LogP contribution in [-0.4, -0.2) is 23.5 Å². The van der Waals surface area contributed by atoms with Gasteiger partial charge in [-0.1, -0.05) is 267 Å². The Morgan fingerprint density at radius 3 is 0.783 bits per heavy atom. The average molecular weight is 1080 g/mol. The third-order valence-corrected chi connectivity index (χ3v) is 16.6. The Hall–Kier alpha value is -4.29. The lowest BCUT2D eigenvalue weighted by molar-refractivity contribution is -0.597. The maximum atomic E-state index is 2.31. The summed E-state index contributed by atoms with van der Waals surface area (Å²) in [6.45, 7) is 34.7. The summed E-state index contributed by atoms with van der Waals surface area (Å²) in [6, 6.07) is 72.2. The van der Waals surface area contributed by atoms with Gasteiger partial charge in [-0.15, -0.1) is 0 Å². The minimum absolute atomic E-state index is 0.0287. The highest BCUT2D eigenvalue weighted by atomic mass is 127. The summed E-state index contributed by atoms with van der Waals surface area (Å²) in [4.78, 5) is 2.91. The number of hydrogen-bond acceptors (Lipinski definition) is 0. The fraction of sp³-hybridized carbons (Fsp3) is 0.333. The van der Waals surface area contributed by atoms with Crippen LogP contribution in [0.2, 0.25) is 0 Å². The van der Waals surface area contributed by atoms with Crippen molar-refractivity contribution in [3.63, 3.8) is 0 Å². The van der Waals surface area contributed by atoms with E-state index >= 15 is 0 Å². The van der Waals surface area contributed by atoms with Crippen LogP contribution in [0.15, 0.2) is 216 Å².